The maximum Gasteiger partial charge on any atom is 0.325 e. The largest absolute Gasteiger partial charge is 0.375 e. The van der Waals surface area contributed by atoms with Crippen LogP contribution in [-0.4, -0.2) is 16.6 Å². The molecule has 0 aliphatic rings. The Hall–Kier alpha value is -1.36. The van der Waals surface area contributed by atoms with Crippen LogP contribution in [-0.2, 0) is 11.3 Å². The van der Waals surface area contributed by atoms with Crippen molar-refractivity contribution in [3.8, 4) is 0 Å². The zero-order valence-electron chi connectivity index (χ0n) is 7.42. The van der Waals surface area contributed by atoms with Crippen LogP contribution in [0.15, 0.2) is 15.7 Å². The Bertz CT molecular complexity index is 338. The van der Waals surface area contributed by atoms with Crippen molar-refractivity contribution in [3.05, 3.63) is 32.6 Å². The second-order valence-electron chi connectivity index (χ2n) is 2.67. The molecule has 13 heavy (non-hydrogen) atoms. The summed E-state index contributed by atoms with van der Waals surface area (Å²) in [6, 6.07) is 1.32. The van der Waals surface area contributed by atoms with Gasteiger partial charge in [-0.15, -0.1) is 0 Å². The van der Waals surface area contributed by atoms with Gasteiger partial charge in [0.1, 0.15) is 0 Å². The summed E-state index contributed by atoms with van der Waals surface area (Å²) < 4.78 is 5.16. The van der Waals surface area contributed by atoms with Gasteiger partial charge in [-0.2, -0.15) is 0 Å². The molecule has 1 aromatic heterocycles. The van der Waals surface area contributed by atoms with Crippen LogP contribution in [0.1, 0.15) is 19.0 Å². The van der Waals surface area contributed by atoms with Gasteiger partial charge in [-0.05, 0) is 6.42 Å². The van der Waals surface area contributed by atoms with Crippen LogP contribution < -0.4 is 11.2 Å². The summed E-state index contributed by atoms with van der Waals surface area (Å²) in [6.07, 6.45) is 0.910. The Morgan fingerprint density at radius 1 is 1.38 bits per heavy atom. The minimum atomic E-state index is -0.498. The van der Waals surface area contributed by atoms with Crippen molar-refractivity contribution in [2.45, 2.75) is 20.0 Å². The summed E-state index contributed by atoms with van der Waals surface area (Å²) in [5.74, 6) is 0. The lowest BCUT2D eigenvalue weighted by molar-refractivity contribution is 0.118. The fourth-order valence-corrected chi connectivity index (χ4v) is 0.924. The summed E-state index contributed by atoms with van der Waals surface area (Å²) in [5, 5.41) is 0. The molecule has 0 fully saturated rings. The van der Waals surface area contributed by atoms with Crippen LogP contribution in [0.5, 0.6) is 0 Å². The van der Waals surface area contributed by atoms with E-state index in [1.54, 1.807) is 0 Å². The number of nitrogens with one attached hydrogen (secondary N) is 2. The van der Waals surface area contributed by atoms with E-state index in [0.717, 1.165) is 6.42 Å². The molecule has 0 amide bonds. The van der Waals surface area contributed by atoms with Gasteiger partial charge in [-0.1, -0.05) is 6.92 Å². The molecule has 2 N–H and O–H groups in total. The molecule has 5 nitrogen and oxygen atoms in total. The van der Waals surface area contributed by atoms with Crippen molar-refractivity contribution in [1.82, 2.24) is 9.97 Å². The van der Waals surface area contributed by atoms with Crippen molar-refractivity contribution in [3.63, 3.8) is 0 Å². The van der Waals surface area contributed by atoms with Gasteiger partial charge >= 0.3 is 5.69 Å². The lowest BCUT2D eigenvalue weighted by Crippen LogP contribution is -2.23. The molecule has 72 valence electrons. The first kappa shape index (κ1) is 9.73. The standard InChI is InChI=1S/C8H12N2O3/c1-2-3-13-5-6-4-7(11)10-8(12)9-6/h4H,2-3,5H2,1H3,(H2,9,10,11,12). The molecule has 0 aliphatic carbocycles. The molecule has 1 rings (SSSR count). The molecule has 0 saturated carbocycles. The second kappa shape index (κ2) is 4.61. The van der Waals surface area contributed by atoms with Gasteiger partial charge in [0.05, 0.1) is 12.3 Å². The van der Waals surface area contributed by atoms with Crippen molar-refractivity contribution < 1.29 is 4.74 Å². The third-order valence-electron chi connectivity index (χ3n) is 1.42. The molecule has 0 aromatic carbocycles. The van der Waals surface area contributed by atoms with E-state index in [1.807, 2.05) is 6.92 Å². The first-order valence-electron chi connectivity index (χ1n) is 4.12. The van der Waals surface area contributed by atoms with Crippen LogP contribution in [0.25, 0.3) is 0 Å². The quantitative estimate of drug-likeness (QED) is 0.646. The average Bonchev–Trinajstić information content (AvgIpc) is 2.03. The van der Waals surface area contributed by atoms with Gasteiger partial charge < -0.3 is 9.72 Å². The fourth-order valence-electron chi connectivity index (χ4n) is 0.924. The second-order valence-corrected chi connectivity index (χ2v) is 2.67. The van der Waals surface area contributed by atoms with E-state index in [1.165, 1.54) is 6.07 Å². The highest BCUT2D eigenvalue weighted by Crippen LogP contribution is 1.90. The zero-order valence-corrected chi connectivity index (χ0v) is 7.42. The molecule has 0 spiro atoms. The van der Waals surface area contributed by atoms with Crippen LogP contribution >= 0.6 is 0 Å². The Morgan fingerprint density at radius 2 is 2.15 bits per heavy atom. The van der Waals surface area contributed by atoms with Crippen LogP contribution in [0.3, 0.4) is 0 Å². The van der Waals surface area contributed by atoms with Gasteiger partial charge in [0.2, 0.25) is 0 Å². The molecule has 1 aromatic rings. The SMILES string of the molecule is CCCOCc1cc(=O)[nH]c(=O)[nH]1. The van der Waals surface area contributed by atoms with Crippen molar-refractivity contribution in [2.24, 2.45) is 0 Å². The maximum absolute atomic E-state index is 10.8. The third kappa shape index (κ3) is 3.25. The smallest absolute Gasteiger partial charge is 0.325 e. The Labute approximate surface area is 74.8 Å². The number of aromatic amines is 2. The van der Waals surface area contributed by atoms with Crippen LogP contribution in [0.4, 0.5) is 0 Å². The van der Waals surface area contributed by atoms with Gasteiger partial charge in [-0.25, -0.2) is 4.79 Å². The molecule has 0 bridgehead atoms. The molecule has 1 heterocycles. The molecule has 0 aliphatic heterocycles. The van der Waals surface area contributed by atoms with Gasteiger partial charge in [0.25, 0.3) is 5.56 Å². The minimum Gasteiger partial charge on any atom is -0.375 e. The number of H-pyrrole nitrogens is 2. The van der Waals surface area contributed by atoms with Crippen molar-refractivity contribution in [2.75, 3.05) is 6.61 Å². The molecule has 0 saturated heterocycles. The predicted molar refractivity (Wildman–Crippen MR) is 47.6 cm³/mol. The molecular weight excluding hydrogens is 172 g/mol. The van der Waals surface area contributed by atoms with E-state index < -0.39 is 11.2 Å². The van der Waals surface area contributed by atoms with E-state index in [4.69, 9.17) is 4.74 Å². The molecule has 0 radical (unpaired) electrons. The number of hydrogen-bond donors (Lipinski definition) is 2. The van der Waals surface area contributed by atoms with Gasteiger partial charge in [0, 0.05) is 12.7 Å². The number of aromatic nitrogens is 2. The highest BCUT2D eigenvalue weighted by molar-refractivity contribution is 4.96. The van der Waals surface area contributed by atoms with E-state index in [9.17, 15) is 9.59 Å². The summed E-state index contributed by atoms with van der Waals surface area (Å²) in [5.41, 5.74) is -0.399. The summed E-state index contributed by atoms with van der Waals surface area (Å²) in [4.78, 5) is 26.1. The fraction of sp³-hybridized carbons (Fsp3) is 0.500. The lowest BCUT2D eigenvalue weighted by Gasteiger charge is -2.00. The third-order valence-corrected chi connectivity index (χ3v) is 1.42. The topological polar surface area (TPSA) is 75.0 Å². The number of ether oxygens (including phenoxy) is 1. The van der Waals surface area contributed by atoms with Gasteiger partial charge in [0.15, 0.2) is 0 Å². The lowest BCUT2D eigenvalue weighted by atomic mass is 10.4. The normalized spacial score (nSPS) is 10.2. The molecule has 0 atom stereocenters. The monoisotopic (exact) mass is 184 g/mol. The predicted octanol–water partition coefficient (Wildman–Crippen LogP) is -0.0102. The van der Waals surface area contributed by atoms with Gasteiger partial charge in [-0.3, -0.25) is 9.78 Å². The van der Waals surface area contributed by atoms with Crippen molar-refractivity contribution in [1.29, 1.82) is 0 Å². The maximum atomic E-state index is 10.8. The highest BCUT2D eigenvalue weighted by atomic mass is 16.5. The van der Waals surface area contributed by atoms with E-state index in [-0.39, 0.29) is 6.61 Å². The highest BCUT2D eigenvalue weighted by Gasteiger charge is 1.95. The van der Waals surface area contributed by atoms with E-state index in [0.29, 0.717) is 12.3 Å². The molecule has 5 heteroatoms. The summed E-state index contributed by atoms with van der Waals surface area (Å²) >= 11 is 0. The van der Waals surface area contributed by atoms with Crippen LogP contribution in [0, 0.1) is 0 Å². The van der Waals surface area contributed by atoms with Crippen molar-refractivity contribution >= 4 is 0 Å². The van der Waals surface area contributed by atoms with E-state index in [2.05, 4.69) is 9.97 Å². The average molecular weight is 184 g/mol. The Balaban J connectivity index is 2.67. The Kier molecular flexibility index (Phi) is 3.45. The molecular formula is C8H12N2O3. The molecule has 0 unspecified atom stereocenters. The number of rotatable bonds is 4. The minimum absolute atomic E-state index is 0.271. The number of hydrogen-bond acceptors (Lipinski definition) is 3. The zero-order chi connectivity index (χ0) is 9.68. The first-order chi connectivity index (χ1) is 6.22. The summed E-state index contributed by atoms with van der Waals surface area (Å²) in [7, 11) is 0. The van der Waals surface area contributed by atoms with Crippen LogP contribution in [0.2, 0.25) is 0 Å². The first-order valence-corrected chi connectivity index (χ1v) is 4.12. The summed E-state index contributed by atoms with van der Waals surface area (Å²) in [6.45, 7) is 2.88. The van der Waals surface area contributed by atoms with E-state index >= 15 is 0 Å². The Morgan fingerprint density at radius 3 is 2.77 bits per heavy atom.